The molecule has 2 aromatic rings. The first kappa shape index (κ1) is 18.2. The Morgan fingerprint density at radius 1 is 1.24 bits per heavy atom. The fourth-order valence-electron chi connectivity index (χ4n) is 2.89. The van der Waals surface area contributed by atoms with E-state index >= 15 is 0 Å². The molecule has 0 saturated carbocycles. The van der Waals surface area contributed by atoms with Gasteiger partial charge in [-0.1, -0.05) is 30.7 Å². The van der Waals surface area contributed by atoms with Crippen molar-refractivity contribution in [2.24, 2.45) is 0 Å². The van der Waals surface area contributed by atoms with Crippen LogP contribution < -0.4 is 4.74 Å². The van der Waals surface area contributed by atoms with E-state index in [2.05, 4.69) is 18.0 Å². The first-order valence-corrected chi connectivity index (χ1v) is 10.2. The molecule has 1 saturated heterocycles. The van der Waals surface area contributed by atoms with Gasteiger partial charge in [0.05, 0.1) is 0 Å². The van der Waals surface area contributed by atoms with E-state index in [0.717, 1.165) is 12.2 Å². The minimum atomic E-state index is -3.53. The SMILES string of the molecule is CCc1cccc(OC2CCN(S(=O)(=O)c3ccc(Cl)nc3)CC2)c1. The zero-order valence-electron chi connectivity index (χ0n) is 14.1. The molecule has 0 unspecified atom stereocenters. The van der Waals surface area contributed by atoms with Gasteiger partial charge in [0, 0.05) is 19.3 Å². The number of rotatable bonds is 5. The number of halogens is 1. The predicted octanol–water partition coefficient (Wildman–Crippen LogP) is 3.53. The molecule has 1 aromatic heterocycles. The molecule has 134 valence electrons. The van der Waals surface area contributed by atoms with Gasteiger partial charge in [-0.25, -0.2) is 13.4 Å². The van der Waals surface area contributed by atoms with Gasteiger partial charge in [0.1, 0.15) is 21.9 Å². The van der Waals surface area contributed by atoms with Crippen LogP contribution in [0.4, 0.5) is 0 Å². The van der Waals surface area contributed by atoms with E-state index in [1.807, 2.05) is 18.2 Å². The summed E-state index contributed by atoms with van der Waals surface area (Å²) in [6, 6.07) is 11.0. The third-order valence-corrected chi connectivity index (χ3v) is 6.45. The molecule has 3 rings (SSSR count). The Hall–Kier alpha value is -1.63. The molecule has 0 spiro atoms. The highest BCUT2D eigenvalue weighted by Crippen LogP contribution is 2.24. The van der Waals surface area contributed by atoms with Crippen LogP contribution in [0.3, 0.4) is 0 Å². The summed E-state index contributed by atoms with van der Waals surface area (Å²) in [4.78, 5) is 4.04. The molecule has 0 amide bonds. The number of aromatic nitrogens is 1. The lowest BCUT2D eigenvalue weighted by Crippen LogP contribution is -2.41. The number of hydrogen-bond acceptors (Lipinski definition) is 4. The molecular formula is C18H21ClN2O3S. The lowest BCUT2D eigenvalue weighted by atomic mass is 10.1. The molecule has 1 aromatic carbocycles. The van der Waals surface area contributed by atoms with Crippen LogP contribution in [0.1, 0.15) is 25.3 Å². The summed E-state index contributed by atoms with van der Waals surface area (Å²) in [5.41, 5.74) is 1.23. The Morgan fingerprint density at radius 3 is 2.64 bits per heavy atom. The number of aryl methyl sites for hydroxylation is 1. The molecule has 7 heteroatoms. The Morgan fingerprint density at radius 2 is 2.00 bits per heavy atom. The van der Waals surface area contributed by atoms with Crippen LogP contribution >= 0.6 is 11.6 Å². The van der Waals surface area contributed by atoms with Gasteiger partial charge < -0.3 is 4.74 Å². The fraction of sp³-hybridized carbons (Fsp3) is 0.389. The van der Waals surface area contributed by atoms with E-state index in [1.54, 1.807) is 0 Å². The summed E-state index contributed by atoms with van der Waals surface area (Å²) >= 11 is 5.73. The second-order valence-corrected chi connectivity index (χ2v) is 8.36. The van der Waals surface area contributed by atoms with Crippen molar-refractivity contribution < 1.29 is 13.2 Å². The Kier molecular flexibility index (Phi) is 5.61. The summed E-state index contributed by atoms with van der Waals surface area (Å²) in [6.45, 7) is 2.97. The van der Waals surface area contributed by atoms with Crippen molar-refractivity contribution in [3.05, 3.63) is 53.3 Å². The number of nitrogens with zero attached hydrogens (tertiary/aromatic N) is 2. The number of ether oxygens (including phenoxy) is 1. The highest BCUT2D eigenvalue weighted by atomic mass is 35.5. The molecule has 5 nitrogen and oxygen atoms in total. The quantitative estimate of drug-likeness (QED) is 0.744. The van der Waals surface area contributed by atoms with Crippen molar-refractivity contribution >= 4 is 21.6 Å². The Bertz CT molecular complexity index is 816. The van der Waals surface area contributed by atoms with Crippen LogP contribution in [0.15, 0.2) is 47.5 Å². The number of piperidine rings is 1. The van der Waals surface area contributed by atoms with Crippen molar-refractivity contribution in [1.29, 1.82) is 0 Å². The van der Waals surface area contributed by atoms with Crippen LogP contribution in [-0.2, 0) is 16.4 Å². The molecule has 1 fully saturated rings. The lowest BCUT2D eigenvalue weighted by Gasteiger charge is -2.31. The van der Waals surface area contributed by atoms with Gasteiger partial charge in [0.15, 0.2) is 0 Å². The van der Waals surface area contributed by atoms with E-state index in [-0.39, 0.29) is 16.2 Å². The van der Waals surface area contributed by atoms with Crippen molar-refractivity contribution in [2.45, 2.75) is 37.2 Å². The zero-order valence-corrected chi connectivity index (χ0v) is 15.6. The van der Waals surface area contributed by atoms with Crippen molar-refractivity contribution in [2.75, 3.05) is 13.1 Å². The Labute approximate surface area is 153 Å². The highest BCUT2D eigenvalue weighted by Gasteiger charge is 2.30. The molecule has 0 bridgehead atoms. The van der Waals surface area contributed by atoms with Gasteiger partial charge in [-0.3, -0.25) is 0 Å². The Balaban J connectivity index is 1.62. The van der Waals surface area contributed by atoms with Crippen molar-refractivity contribution in [3.8, 4) is 5.75 Å². The zero-order chi connectivity index (χ0) is 17.9. The number of benzene rings is 1. The molecule has 0 N–H and O–H groups in total. The summed E-state index contributed by atoms with van der Waals surface area (Å²) < 4.78 is 32.8. The number of sulfonamides is 1. The average Bonchev–Trinajstić information content (AvgIpc) is 2.63. The third kappa shape index (κ3) is 4.32. The minimum absolute atomic E-state index is 0.0295. The van der Waals surface area contributed by atoms with Gasteiger partial charge in [-0.05, 0) is 49.1 Å². The van der Waals surface area contributed by atoms with Crippen LogP contribution in [0.5, 0.6) is 5.75 Å². The summed E-state index contributed by atoms with van der Waals surface area (Å²) in [7, 11) is -3.53. The smallest absolute Gasteiger partial charge is 0.244 e. The predicted molar refractivity (Wildman–Crippen MR) is 97.5 cm³/mol. The maximum atomic E-state index is 12.6. The molecule has 2 heterocycles. The first-order valence-electron chi connectivity index (χ1n) is 8.36. The number of pyridine rings is 1. The maximum absolute atomic E-state index is 12.6. The monoisotopic (exact) mass is 380 g/mol. The second kappa shape index (κ2) is 7.72. The average molecular weight is 381 g/mol. The first-order chi connectivity index (χ1) is 12.0. The second-order valence-electron chi connectivity index (χ2n) is 6.04. The largest absolute Gasteiger partial charge is 0.490 e. The van der Waals surface area contributed by atoms with E-state index in [1.165, 1.54) is 28.2 Å². The lowest BCUT2D eigenvalue weighted by molar-refractivity contribution is 0.135. The van der Waals surface area contributed by atoms with Gasteiger partial charge >= 0.3 is 0 Å². The highest BCUT2D eigenvalue weighted by molar-refractivity contribution is 7.89. The molecule has 25 heavy (non-hydrogen) atoms. The molecule has 0 aliphatic carbocycles. The molecule has 0 atom stereocenters. The summed E-state index contributed by atoms with van der Waals surface area (Å²) in [5, 5.41) is 0.278. The van der Waals surface area contributed by atoms with E-state index < -0.39 is 10.0 Å². The third-order valence-electron chi connectivity index (χ3n) is 4.35. The van der Waals surface area contributed by atoms with Gasteiger partial charge in [-0.2, -0.15) is 4.31 Å². The topological polar surface area (TPSA) is 59.5 Å². The van der Waals surface area contributed by atoms with E-state index in [4.69, 9.17) is 16.3 Å². The van der Waals surface area contributed by atoms with Crippen LogP contribution in [-0.4, -0.2) is 36.9 Å². The van der Waals surface area contributed by atoms with Gasteiger partial charge in [0.25, 0.3) is 0 Å². The standard InChI is InChI=1S/C18H21ClN2O3S/c1-2-14-4-3-5-16(12-14)24-15-8-10-21(11-9-15)25(22,23)17-6-7-18(19)20-13-17/h3-7,12-13,15H,2,8-11H2,1H3. The molecule has 1 aliphatic rings. The number of hydrogen-bond donors (Lipinski definition) is 0. The van der Waals surface area contributed by atoms with Gasteiger partial charge in [-0.15, -0.1) is 0 Å². The molecule has 1 aliphatic heterocycles. The molecular weight excluding hydrogens is 360 g/mol. The fourth-order valence-corrected chi connectivity index (χ4v) is 4.41. The summed E-state index contributed by atoms with van der Waals surface area (Å²) in [5.74, 6) is 0.850. The van der Waals surface area contributed by atoms with Gasteiger partial charge in [0.2, 0.25) is 10.0 Å². The van der Waals surface area contributed by atoms with Crippen LogP contribution in [0, 0.1) is 0 Å². The van der Waals surface area contributed by atoms with Crippen LogP contribution in [0.2, 0.25) is 5.15 Å². The molecule has 0 radical (unpaired) electrons. The van der Waals surface area contributed by atoms with Crippen molar-refractivity contribution in [3.63, 3.8) is 0 Å². The van der Waals surface area contributed by atoms with E-state index in [9.17, 15) is 8.42 Å². The summed E-state index contributed by atoms with van der Waals surface area (Å²) in [6.07, 6.45) is 3.62. The van der Waals surface area contributed by atoms with E-state index in [0.29, 0.717) is 25.9 Å². The normalized spacial score (nSPS) is 16.7. The van der Waals surface area contributed by atoms with Crippen LogP contribution in [0.25, 0.3) is 0 Å². The van der Waals surface area contributed by atoms with Crippen molar-refractivity contribution in [1.82, 2.24) is 9.29 Å². The minimum Gasteiger partial charge on any atom is -0.490 e. The maximum Gasteiger partial charge on any atom is 0.244 e.